The maximum atomic E-state index is 6.23. The van der Waals surface area contributed by atoms with Gasteiger partial charge in [0.1, 0.15) is 0 Å². The molecule has 1 aromatic carbocycles. The van der Waals surface area contributed by atoms with Crippen LogP contribution < -0.4 is 5.32 Å². The Labute approximate surface area is 116 Å². The van der Waals surface area contributed by atoms with Gasteiger partial charge in [0.05, 0.1) is 12.7 Å². The Balaban J connectivity index is 1.72. The third-order valence-electron chi connectivity index (χ3n) is 4.80. The molecule has 2 heteroatoms. The maximum Gasteiger partial charge on any atom is 0.0976 e. The van der Waals surface area contributed by atoms with E-state index in [1.54, 1.807) is 0 Å². The van der Waals surface area contributed by atoms with Crippen molar-refractivity contribution in [1.82, 2.24) is 5.32 Å². The molecule has 1 saturated heterocycles. The van der Waals surface area contributed by atoms with Gasteiger partial charge in [0, 0.05) is 11.6 Å². The molecule has 0 bridgehead atoms. The molecule has 1 heterocycles. The molecule has 1 aliphatic heterocycles. The lowest BCUT2D eigenvalue weighted by Crippen LogP contribution is -2.57. The molecular weight excluding hydrogens is 234 g/mol. The van der Waals surface area contributed by atoms with Gasteiger partial charge in [-0.2, -0.15) is 0 Å². The molecule has 2 fully saturated rings. The number of ether oxygens (including phenoxy) is 1. The molecule has 1 saturated carbocycles. The van der Waals surface area contributed by atoms with Crippen LogP contribution >= 0.6 is 0 Å². The van der Waals surface area contributed by atoms with E-state index in [2.05, 4.69) is 43.4 Å². The summed E-state index contributed by atoms with van der Waals surface area (Å²) >= 11 is 0. The first-order chi connectivity index (χ1) is 9.22. The average Bonchev–Trinajstić information content (AvgIpc) is 2.87. The lowest BCUT2D eigenvalue weighted by atomic mass is 9.91. The Bertz CT molecular complexity index is 419. The fourth-order valence-electron chi connectivity index (χ4n) is 3.66. The van der Waals surface area contributed by atoms with Gasteiger partial charge in [-0.15, -0.1) is 0 Å². The van der Waals surface area contributed by atoms with E-state index in [0.717, 1.165) is 13.0 Å². The predicted octanol–water partition coefficient (Wildman–Crippen LogP) is 3.61. The summed E-state index contributed by atoms with van der Waals surface area (Å²) < 4.78 is 6.23. The summed E-state index contributed by atoms with van der Waals surface area (Å²) in [6.45, 7) is 5.33. The van der Waals surface area contributed by atoms with Crippen LogP contribution in [0.1, 0.15) is 56.8 Å². The van der Waals surface area contributed by atoms with E-state index in [1.807, 2.05) is 0 Å². The van der Waals surface area contributed by atoms with E-state index in [4.69, 9.17) is 4.74 Å². The van der Waals surface area contributed by atoms with Crippen molar-refractivity contribution in [2.75, 3.05) is 6.61 Å². The van der Waals surface area contributed by atoms with Crippen molar-refractivity contribution in [2.24, 2.45) is 0 Å². The van der Waals surface area contributed by atoms with E-state index < -0.39 is 0 Å². The van der Waals surface area contributed by atoms with E-state index in [1.165, 1.54) is 36.8 Å². The number of aryl methyl sites for hydroxylation is 1. The van der Waals surface area contributed by atoms with Crippen molar-refractivity contribution in [3.05, 3.63) is 35.4 Å². The molecule has 0 radical (unpaired) electrons. The highest BCUT2D eigenvalue weighted by molar-refractivity contribution is 5.26. The van der Waals surface area contributed by atoms with Gasteiger partial charge in [0.15, 0.2) is 0 Å². The van der Waals surface area contributed by atoms with E-state index in [0.29, 0.717) is 6.04 Å². The monoisotopic (exact) mass is 259 g/mol. The summed E-state index contributed by atoms with van der Waals surface area (Å²) in [5.41, 5.74) is 2.98. The molecule has 19 heavy (non-hydrogen) atoms. The Hall–Kier alpha value is -0.860. The van der Waals surface area contributed by atoms with Crippen molar-refractivity contribution in [2.45, 2.75) is 63.6 Å². The highest BCUT2D eigenvalue weighted by Gasteiger charge is 2.41. The minimum atomic E-state index is 0.206. The average molecular weight is 259 g/mol. The minimum Gasteiger partial charge on any atom is -0.370 e. The molecule has 0 aromatic heterocycles. The molecule has 2 atom stereocenters. The highest BCUT2D eigenvalue weighted by atomic mass is 16.5. The van der Waals surface area contributed by atoms with Crippen LogP contribution in [0.15, 0.2) is 24.3 Å². The van der Waals surface area contributed by atoms with Gasteiger partial charge < -0.3 is 10.1 Å². The third kappa shape index (κ3) is 2.56. The molecule has 1 N–H and O–H groups in total. The zero-order valence-corrected chi connectivity index (χ0v) is 12.1. The van der Waals surface area contributed by atoms with Gasteiger partial charge in [0.25, 0.3) is 0 Å². The van der Waals surface area contributed by atoms with Gasteiger partial charge in [-0.3, -0.25) is 0 Å². The van der Waals surface area contributed by atoms with Gasteiger partial charge in [0.2, 0.25) is 0 Å². The van der Waals surface area contributed by atoms with E-state index in [9.17, 15) is 0 Å². The number of rotatable bonds is 2. The summed E-state index contributed by atoms with van der Waals surface area (Å²) in [4.78, 5) is 0. The minimum absolute atomic E-state index is 0.206. The number of nitrogens with one attached hydrogen (secondary N) is 1. The fraction of sp³-hybridized carbons (Fsp3) is 0.647. The predicted molar refractivity (Wildman–Crippen MR) is 78.3 cm³/mol. The number of hydrogen-bond acceptors (Lipinski definition) is 2. The SMILES string of the molecule is CCc1ccc(C2OCC3(CCCC3)NC2C)cc1. The lowest BCUT2D eigenvalue weighted by molar-refractivity contribution is -0.0587. The number of benzene rings is 1. The Morgan fingerprint density at radius 1 is 1.21 bits per heavy atom. The topological polar surface area (TPSA) is 21.3 Å². The van der Waals surface area contributed by atoms with Crippen molar-refractivity contribution in [1.29, 1.82) is 0 Å². The van der Waals surface area contributed by atoms with Gasteiger partial charge in [-0.25, -0.2) is 0 Å². The van der Waals surface area contributed by atoms with Crippen LogP contribution in [0.4, 0.5) is 0 Å². The van der Waals surface area contributed by atoms with Crippen LogP contribution in [0, 0.1) is 0 Å². The summed E-state index contributed by atoms with van der Waals surface area (Å²) in [6.07, 6.45) is 6.55. The molecule has 0 amide bonds. The lowest BCUT2D eigenvalue weighted by Gasteiger charge is -2.43. The second kappa shape index (κ2) is 5.26. The molecule has 1 aliphatic carbocycles. The molecule has 1 spiro atoms. The van der Waals surface area contributed by atoms with Crippen LogP contribution in [-0.4, -0.2) is 18.2 Å². The van der Waals surface area contributed by atoms with Crippen LogP contribution in [-0.2, 0) is 11.2 Å². The normalized spacial score (nSPS) is 29.8. The summed E-state index contributed by atoms with van der Waals surface area (Å²) in [5.74, 6) is 0. The highest BCUT2D eigenvalue weighted by Crippen LogP contribution is 2.37. The number of morpholine rings is 1. The van der Waals surface area contributed by atoms with Crippen molar-refractivity contribution in [3.8, 4) is 0 Å². The molecule has 2 nitrogen and oxygen atoms in total. The summed E-state index contributed by atoms with van der Waals surface area (Å²) in [5, 5.41) is 3.84. The first-order valence-electron chi connectivity index (χ1n) is 7.71. The standard InChI is InChI=1S/C17H25NO/c1-3-14-6-8-15(9-7-14)16-13(2)18-17(12-19-16)10-4-5-11-17/h6-9,13,16,18H,3-5,10-12H2,1-2H3. The van der Waals surface area contributed by atoms with Gasteiger partial charge in [-0.1, -0.05) is 44.0 Å². The van der Waals surface area contributed by atoms with Crippen LogP contribution in [0.3, 0.4) is 0 Å². The van der Waals surface area contributed by atoms with E-state index >= 15 is 0 Å². The van der Waals surface area contributed by atoms with Crippen molar-refractivity contribution >= 4 is 0 Å². The van der Waals surface area contributed by atoms with Crippen molar-refractivity contribution in [3.63, 3.8) is 0 Å². The Morgan fingerprint density at radius 2 is 1.89 bits per heavy atom. The Morgan fingerprint density at radius 3 is 2.47 bits per heavy atom. The van der Waals surface area contributed by atoms with Gasteiger partial charge in [-0.05, 0) is 37.3 Å². The smallest absolute Gasteiger partial charge is 0.0976 e. The first kappa shape index (κ1) is 13.1. The fourth-order valence-corrected chi connectivity index (χ4v) is 3.66. The summed E-state index contributed by atoms with van der Waals surface area (Å²) in [7, 11) is 0. The van der Waals surface area contributed by atoms with Crippen LogP contribution in [0.5, 0.6) is 0 Å². The van der Waals surface area contributed by atoms with Crippen LogP contribution in [0.2, 0.25) is 0 Å². The van der Waals surface area contributed by atoms with Crippen molar-refractivity contribution < 1.29 is 4.74 Å². The van der Waals surface area contributed by atoms with Gasteiger partial charge >= 0.3 is 0 Å². The second-order valence-electron chi connectivity index (χ2n) is 6.25. The molecule has 2 aliphatic rings. The zero-order valence-electron chi connectivity index (χ0n) is 12.1. The zero-order chi connectivity index (χ0) is 13.3. The third-order valence-corrected chi connectivity index (χ3v) is 4.80. The van der Waals surface area contributed by atoms with E-state index in [-0.39, 0.29) is 11.6 Å². The largest absolute Gasteiger partial charge is 0.370 e. The maximum absolute atomic E-state index is 6.23. The molecule has 104 valence electrons. The molecular formula is C17H25NO. The number of hydrogen-bond donors (Lipinski definition) is 1. The molecule has 1 aromatic rings. The molecule has 2 unspecified atom stereocenters. The Kier molecular flexibility index (Phi) is 3.64. The quantitative estimate of drug-likeness (QED) is 0.876. The van der Waals surface area contributed by atoms with Crippen LogP contribution in [0.25, 0.3) is 0 Å². The first-order valence-corrected chi connectivity index (χ1v) is 7.71. The second-order valence-corrected chi connectivity index (χ2v) is 6.25. The molecule has 3 rings (SSSR count). The summed E-state index contributed by atoms with van der Waals surface area (Å²) in [6, 6.07) is 9.32.